The molecule has 2 rings (SSSR count). The third kappa shape index (κ3) is 2.24. The fraction of sp³-hybridized carbons (Fsp3) is 0.333. The van der Waals surface area contributed by atoms with Crippen molar-refractivity contribution >= 4 is 0 Å². The molecule has 0 saturated heterocycles. The van der Waals surface area contributed by atoms with Gasteiger partial charge in [-0.2, -0.15) is 4.98 Å². The van der Waals surface area contributed by atoms with Crippen LogP contribution in [0, 0.1) is 20.8 Å². The van der Waals surface area contributed by atoms with Gasteiger partial charge >= 0.3 is 0 Å². The lowest BCUT2D eigenvalue weighted by Crippen LogP contribution is -1.93. The van der Waals surface area contributed by atoms with E-state index in [0.29, 0.717) is 18.1 Å². The van der Waals surface area contributed by atoms with Crippen LogP contribution in [-0.4, -0.2) is 10.1 Å². The minimum absolute atomic E-state index is 0.682. The molecule has 0 saturated carbocycles. The van der Waals surface area contributed by atoms with E-state index in [9.17, 15) is 0 Å². The molecule has 0 aliphatic heterocycles. The third-order valence-corrected chi connectivity index (χ3v) is 2.42. The highest BCUT2D eigenvalue weighted by molar-refractivity contribution is 5.32. The molecule has 0 aliphatic rings. The number of rotatable bonds is 2. The molecular weight excluding hydrogens is 188 g/mol. The number of hydrogen-bond donors (Lipinski definition) is 0. The third-order valence-electron chi connectivity index (χ3n) is 2.42. The minimum atomic E-state index is 0.682. The van der Waals surface area contributed by atoms with E-state index in [-0.39, 0.29) is 0 Å². The summed E-state index contributed by atoms with van der Waals surface area (Å²) in [5, 5.41) is 3.78. The fourth-order valence-electron chi connectivity index (χ4n) is 1.57. The number of benzene rings is 1. The summed E-state index contributed by atoms with van der Waals surface area (Å²) in [6, 6.07) is 6.39. The lowest BCUT2D eigenvalue weighted by molar-refractivity contribution is 0.381. The van der Waals surface area contributed by atoms with E-state index in [1.807, 2.05) is 6.92 Å². The van der Waals surface area contributed by atoms with Crippen molar-refractivity contribution in [3.05, 3.63) is 46.6 Å². The van der Waals surface area contributed by atoms with E-state index in [0.717, 1.165) is 0 Å². The van der Waals surface area contributed by atoms with E-state index in [1.54, 1.807) is 0 Å². The van der Waals surface area contributed by atoms with Crippen LogP contribution in [0.3, 0.4) is 0 Å². The van der Waals surface area contributed by atoms with E-state index in [2.05, 4.69) is 42.2 Å². The zero-order valence-electron chi connectivity index (χ0n) is 9.24. The van der Waals surface area contributed by atoms with E-state index in [4.69, 9.17) is 4.52 Å². The molecule has 3 nitrogen and oxygen atoms in total. The quantitative estimate of drug-likeness (QED) is 0.751. The molecular formula is C12H14N2O. The highest BCUT2D eigenvalue weighted by Crippen LogP contribution is 2.14. The zero-order valence-corrected chi connectivity index (χ0v) is 9.24. The second-order valence-electron chi connectivity index (χ2n) is 3.84. The van der Waals surface area contributed by atoms with Gasteiger partial charge in [-0.15, -0.1) is 0 Å². The van der Waals surface area contributed by atoms with Crippen LogP contribution in [0.4, 0.5) is 0 Å². The average molecular weight is 202 g/mol. The van der Waals surface area contributed by atoms with Gasteiger partial charge in [0.25, 0.3) is 0 Å². The molecule has 15 heavy (non-hydrogen) atoms. The van der Waals surface area contributed by atoms with Gasteiger partial charge in [0.05, 0.1) is 6.42 Å². The molecule has 1 aromatic carbocycles. The molecule has 1 heterocycles. The van der Waals surface area contributed by atoms with E-state index >= 15 is 0 Å². The number of aromatic nitrogens is 2. The second kappa shape index (κ2) is 3.85. The Morgan fingerprint density at radius 1 is 1.20 bits per heavy atom. The smallest absolute Gasteiger partial charge is 0.231 e. The summed E-state index contributed by atoms with van der Waals surface area (Å²) in [5.41, 5.74) is 3.77. The molecule has 0 amide bonds. The van der Waals surface area contributed by atoms with Crippen LogP contribution in [0.1, 0.15) is 28.4 Å². The summed E-state index contributed by atoms with van der Waals surface area (Å²) >= 11 is 0. The fourth-order valence-corrected chi connectivity index (χ4v) is 1.57. The Kier molecular flexibility index (Phi) is 2.54. The van der Waals surface area contributed by atoms with Crippen LogP contribution in [0.25, 0.3) is 0 Å². The van der Waals surface area contributed by atoms with Crippen LogP contribution in [0.5, 0.6) is 0 Å². The van der Waals surface area contributed by atoms with Gasteiger partial charge in [-0.1, -0.05) is 28.9 Å². The topological polar surface area (TPSA) is 38.9 Å². The summed E-state index contributed by atoms with van der Waals surface area (Å²) in [4.78, 5) is 4.20. The Morgan fingerprint density at radius 3 is 2.67 bits per heavy atom. The maximum absolute atomic E-state index is 5.10. The number of aryl methyl sites for hydroxylation is 3. The van der Waals surface area contributed by atoms with Gasteiger partial charge < -0.3 is 4.52 Å². The van der Waals surface area contributed by atoms with Crippen LogP contribution in [-0.2, 0) is 6.42 Å². The van der Waals surface area contributed by atoms with Crippen molar-refractivity contribution in [3.8, 4) is 0 Å². The first-order chi connectivity index (χ1) is 7.15. The zero-order chi connectivity index (χ0) is 10.8. The Bertz CT molecular complexity index is 474. The first-order valence-electron chi connectivity index (χ1n) is 5.00. The predicted octanol–water partition coefficient (Wildman–Crippen LogP) is 2.59. The Morgan fingerprint density at radius 2 is 2.00 bits per heavy atom. The van der Waals surface area contributed by atoms with Gasteiger partial charge in [0.15, 0.2) is 5.82 Å². The normalized spacial score (nSPS) is 10.6. The average Bonchev–Trinajstić information content (AvgIpc) is 2.58. The minimum Gasteiger partial charge on any atom is -0.339 e. The van der Waals surface area contributed by atoms with Crippen molar-refractivity contribution in [1.29, 1.82) is 0 Å². The Labute approximate surface area is 89.1 Å². The molecule has 0 spiro atoms. The first kappa shape index (κ1) is 9.90. The molecule has 2 aromatic rings. The summed E-state index contributed by atoms with van der Waals surface area (Å²) < 4.78 is 5.10. The highest BCUT2D eigenvalue weighted by Gasteiger charge is 2.06. The highest BCUT2D eigenvalue weighted by atomic mass is 16.5. The van der Waals surface area contributed by atoms with E-state index < -0.39 is 0 Å². The van der Waals surface area contributed by atoms with E-state index in [1.165, 1.54) is 16.7 Å². The largest absolute Gasteiger partial charge is 0.339 e. The lowest BCUT2D eigenvalue weighted by atomic mass is 10.0. The van der Waals surface area contributed by atoms with Gasteiger partial charge in [-0.3, -0.25) is 0 Å². The second-order valence-corrected chi connectivity index (χ2v) is 3.84. The lowest BCUT2D eigenvalue weighted by Gasteiger charge is -2.03. The molecule has 1 aromatic heterocycles. The van der Waals surface area contributed by atoms with Crippen LogP contribution >= 0.6 is 0 Å². The maximum Gasteiger partial charge on any atom is 0.231 e. The van der Waals surface area contributed by atoms with Crippen molar-refractivity contribution < 1.29 is 4.52 Å². The molecule has 0 radical (unpaired) electrons. The Hall–Kier alpha value is -1.64. The summed E-state index contributed by atoms with van der Waals surface area (Å²) in [6.45, 7) is 6.01. The molecule has 0 aliphatic carbocycles. The standard InChI is InChI=1S/C12H14N2O/c1-8-4-5-9(2)11(6-8)7-12-13-10(3)14-15-12/h4-6H,7H2,1-3H3. The van der Waals surface area contributed by atoms with Gasteiger partial charge in [-0.25, -0.2) is 0 Å². The monoisotopic (exact) mass is 202 g/mol. The van der Waals surface area contributed by atoms with Crippen LogP contribution in [0.2, 0.25) is 0 Å². The van der Waals surface area contributed by atoms with Gasteiger partial charge in [-0.05, 0) is 31.9 Å². The van der Waals surface area contributed by atoms with Gasteiger partial charge in [0, 0.05) is 0 Å². The molecule has 0 unspecified atom stereocenters. The molecule has 78 valence electrons. The van der Waals surface area contributed by atoms with Crippen LogP contribution < -0.4 is 0 Å². The first-order valence-corrected chi connectivity index (χ1v) is 5.00. The molecule has 0 bridgehead atoms. The van der Waals surface area contributed by atoms with Crippen molar-refractivity contribution in [2.75, 3.05) is 0 Å². The molecule has 0 N–H and O–H groups in total. The summed E-state index contributed by atoms with van der Waals surface area (Å²) in [7, 11) is 0. The Balaban J connectivity index is 2.27. The van der Waals surface area contributed by atoms with Crippen LogP contribution in [0.15, 0.2) is 22.7 Å². The van der Waals surface area contributed by atoms with Crippen molar-refractivity contribution in [2.24, 2.45) is 0 Å². The van der Waals surface area contributed by atoms with Gasteiger partial charge in [0.1, 0.15) is 0 Å². The molecule has 0 fully saturated rings. The summed E-state index contributed by atoms with van der Waals surface area (Å²) in [6.07, 6.45) is 0.717. The summed E-state index contributed by atoms with van der Waals surface area (Å²) in [5.74, 6) is 1.37. The number of hydrogen-bond acceptors (Lipinski definition) is 3. The predicted molar refractivity (Wildman–Crippen MR) is 57.8 cm³/mol. The van der Waals surface area contributed by atoms with Crippen molar-refractivity contribution in [2.45, 2.75) is 27.2 Å². The molecule has 3 heteroatoms. The molecule has 0 atom stereocenters. The number of nitrogens with zero attached hydrogens (tertiary/aromatic N) is 2. The maximum atomic E-state index is 5.10. The SMILES string of the molecule is Cc1ccc(C)c(Cc2nc(C)no2)c1. The van der Waals surface area contributed by atoms with Gasteiger partial charge in [0.2, 0.25) is 5.89 Å². The van der Waals surface area contributed by atoms with Crippen molar-refractivity contribution in [3.63, 3.8) is 0 Å². The van der Waals surface area contributed by atoms with Crippen molar-refractivity contribution in [1.82, 2.24) is 10.1 Å².